The van der Waals surface area contributed by atoms with Crippen molar-refractivity contribution < 1.29 is 0 Å². The first-order valence-electron chi connectivity index (χ1n) is 11.9. The molecule has 5 rings (SSSR count). The van der Waals surface area contributed by atoms with Crippen LogP contribution in [0.15, 0.2) is 97.3 Å². The van der Waals surface area contributed by atoms with Gasteiger partial charge in [-0.1, -0.05) is 73.8 Å². The molecule has 3 nitrogen and oxygen atoms in total. The van der Waals surface area contributed by atoms with Crippen molar-refractivity contribution in [1.82, 2.24) is 15.0 Å². The summed E-state index contributed by atoms with van der Waals surface area (Å²) in [7, 11) is -1.47. The van der Waals surface area contributed by atoms with E-state index in [0.29, 0.717) is 0 Å². The summed E-state index contributed by atoms with van der Waals surface area (Å²) < 4.78 is 0. The molecule has 0 aliphatic heterocycles. The van der Waals surface area contributed by atoms with Gasteiger partial charge in [0.05, 0.1) is 22.8 Å². The topological polar surface area (TPSA) is 38.7 Å². The Bertz CT molecular complexity index is 1610. The predicted molar refractivity (Wildman–Crippen MR) is 151 cm³/mol. The molecule has 0 unspecified atom stereocenters. The zero-order chi connectivity index (χ0) is 25.0. The van der Waals surface area contributed by atoms with Crippen LogP contribution in [-0.4, -0.2) is 23.0 Å². The van der Waals surface area contributed by atoms with Crippen molar-refractivity contribution in [3.05, 3.63) is 114 Å². The fraction of sp³-hybridized carbons (Fsp3) is 0.0938. The molecule has 0 amide bonds. The lowest BCUT2D eigenvalue weighted by molar-refractivity contribution is 1.21. The van der Waals surface area contributed by atoms with E-state index in [1.165, 1.54) is 0 Å². The van der Waals surface area contributed by atoms with Crippen LogP contribution in [0.25, 0.3) is 33.5 Å². The summed E-state index contributed by atoms with van der Waals surface area (Å²) in [6.07, 6.45) is 3.54. The molecule has 0 radical (unpaired) electrons. The second-order valence-corrected chi connectivity index (χ2v) is 14.3. The van der Waals surface area contributed by atoms with E-state index in [0.717, 1.165) is 50.2 Å². The second kappa shape index (κ2) is 10.00. The monoisotopic (exact) mass is 479 g/mol. The molecule has 0 spiro atoms. The number of benzene rings is 2. The molecule has 172 valence electrons. The van der Waals surface area contributed by atoms with Crippen LogP contribution in [0.1, 0.15) is 16.7 Å². The van der Waals surface area contributed by atoms with Crippen molar-refractivity contribution >= 4 is 18.8 Å². The maximum atomic E-state index is 4.83. The average Bonchev–Trinajstić information content (AvgIpc) is 2.91. The van der Waals surface area contributed by atoms with E-state index in [2.05, 4.69) is 83.2 Å². The fourth-order valence-electron chi connectivity index (χ4n) is 3.81. The summed E-state index contributed by atoms with van der Waals surface area (Å²) in [5, 5.41) is 2.24. The minimum absolute atomic E-state index is 0.768. The smallest absolute Gasteiger partial charge is 0.129 e. The van der Waals surface area contributed by atoms with Gasteiger partial charge in [-0.3, -0.25) is 9.97 Å². The van der Waals surface area contributed by atoms with Crippen molar-refractivity contribution in [2.24, 2.45) is 0 Å². The molecule has 4 heteroatoms. The third kappa shape index (κ3) is 5.41. The van der Waals surface area contributed by atoms with Gasteiger partial charge in [-0.2, -0.15) is 0 Å². The van der Waals surface area contributed by atoms with Crippen LogP contribution in [-0.2, 0) is 0 Å². The molecule has 0 saturated carbocycles. The molecule has 0 bridgehead atoms. The van der Waals surface area contributed by atoms with Gasteiger partial charge in [-0.15, -0.1) is 5.54 Å². The van der Waals surface area contributed by atoms with Gasteiger partial charge in [0.25, 0.3) is 0 Å². The van der Waals surface area contributed by atoms with E-state index in [1.54, 1.807) is 12.4 Å². The number of nitrogens with zero attached hydrogens (tertiary/aromatic N) is 3. The number of hydrogen-bond donors (Lipinski definition) is 0. The normalized spacial score (nSPS) is 10.8. The quantitative estimate of drug-likeness (QED) is 0.202. The highest BCUT2D eigenvalue weighted by atomic mass is 28.3. The van der Waals surface area contributed by atoms with Crippen LogP contribution < -0.4 is 0 Å². The van der Waals surface area contributed by atoms with Gasteiger partial charge in [0, 0.05) is 29.1 Å². The summed E-state index contributed by atoms with van der Waals surface area (Å²) in [6, 6.07) is 28.1. The molecular weight excluding hydrogens is 454 g/mol. The van der Waals surface area contributed by atoms with Crippen LogP contribution in [0, 0.1) is 23.3 Å². The van der Waals surface area contributed by atoms with E-state index in [4.69, 9.17) is 4.98 Å². The van der Waals surface area contributed by atoms with E-state index in [-0.39, 0.29) is 0 Å². The van der Waals surface area contributed by atoms with Crippen LogP contribution in [0.2, 0.25) is 19.6 Å². The third-order valence-electron chi connectivity index (χ3n) is 5.52. The molecule has 3 aromatic heterocycles. The number of aromatic nitrogens is 3. The predicted octanol–water partition coefficient (Wildman–Crippen LogP) is 6.99. The summed E-state index contributed by atoms with van der Waals surface area (Å²) in [5.74, 6) is 10.2. The van der Waals surface area contributed by atoms with Crippen LogP contribution in [0.5, 0.6) is 0 Å². The van der Waals surface area contributed by atoms with Gasteiger partial charge >= 0.3 is 0 Å². The first kappa shape index (κ1) is 23.2. The van der Waals surface area contributed by atoms with Crippen LogP contribution in [0.4, 0.5) is 0 Å². The third-order valence-corrected chi connectivity index (χ3v) is 6.39. The highest BCUT2D eigenvalue weighted by Gasteiger charge is 2.10. The van der Waals surface area contributed by atoms with Gasteiger partial charge in [0.15, 0.2) is 0 Å². The molecule has 0 fully saturated rings. The summed E-state index contributed by atoms with van der Waals surface area (Å²) >= 11 is 0. The molecule has 0 saturated heterocycles. The Hall–Kier alpha value is -4.51. The maximum absolute atomic E-state index is 4.83. The molecule has 36 heavy (non-hydrogen) atoms. The van der Waals surface area contributed by atoms with Crippen molar-refractivity contribution in [1.29, 1.82) is 0 Å². The Balaban J connectivity index is 1.61. The number of rotatable bonds is 2. The van der Waals surface area contributed by atoms with E-state index >= 15 is 0 Å². The zero-order valence-electron chi connectivity index (χ0n) is 20.6. The maximum Gasteiger partial charge on any atom is 0.129 e. The lowest BCUT2D eigenvalue weighted by atomic mass is 10.00. The summed E-state index contributed by atoms with van der Waals surface area (Å²) in [5.41, 5.74) is 9.51. The standard InChI is InChI=1S/C32H25N3Si/c1-36(2,3)21-18-26-17-16-25(27-10-4-5-11-28(26)27)15-14-24-22-31(29-12-6-8-19-33-29)35-32(23-24)30-13-7-9-20-34-30/h4-13,16-17,19-20,22-23H,1-3H3. The van der Waals surface area contributed by atoms with Gasteiger partial charge in [-0.25, -0.2) is 4.98 Å². The van der Waals surface area contributed by atoms with Crippen LogP contribution in [0.3, 0.4) is 0 Å². The van der Waals surface area contributed by atoms with E-state index in [1.807, 2.05) is 54.6 Å². The summed E-state index contributed by atoms with van der Waals surface area (Å²) in [4.78, 5) is 13.8. The van der Waals surface area contributed by atoms with Crippen molar-refractivity contribution in [2.75, 3.05) is 0 Å². The Morgan fingerprint density at radius 1 is 0.556 bits per heavy atom. The fourth-order valence-corrected chi connectivity index (χ4v) is 4.31. The lowest BCUT2D eigenvalue weighted by Gasteiger charge is -2.07. The first-order valence-corrected chi connectivity index (χ1v) is 15.4. The highest BCUT2D eigenvalue weighted by Crippen LogP contribution is 2.24. The second-order valence-electron chi connectivity index (χ2n) is 9.51. The molecule has 5 aromatic rings. The van der Waals surface area contributed by atoms with Gasteiger partial charge in [0.2, 0.25) is 0 Å². The van der Waals surface area contributed by atoms with Crippen molar-refractivity contribution in [3.63, 3.8) is 0 Å². The largest absolute Gasteiger partial charge is 0.255 e. The van der Waals surface area contributed by atoms with Crippen LogP contribution >= 0.6 is 0 Å². The molecule has 0 aliphatic rings. The Morgan fingerprint density at radius 2 is 1.08 bits per heavy atom. The van der Waals surface area contributed by atoms with Gasteiger partial charge in [-0.05, 0) is 59.3 Å². The molecule has 3 heterocycles. The molecule has 0 aliphatic carbocycles. The van der Waals surface area contributed by atoms with Crippen molar-refractivity contribution in [3.8, 4) is 46.1 Å². The minimum atomic E-state index is -1.47. The Kier molecular flexibility index (Phi) is 6.45. The van der Waals surface area contributed by atoms with E-state index in [9.17, 15) is 0 Å². The van der Waals surface area contributed by atoms with Gasteiger partial charge in [0.1, 0.15) is 8.07 Å². The van der Waals surface area contributed by atoms with Crippen molar-refractivity contribution in [2.45, 2.75) is 19.6 Å². The molecule has 0 atom stereocenters. The highest BCUT2D eigenvalue weighted by molar-refractivity contribution is 6.83. The SMILES string of the molecule is C[Si](C)(C)C#Cc1ccc(C#Cc2cc(-c3ccccn3)nc(-c3ccccn3)c2)c2ccccc12. The average molecular weight is 480 g/mol. The van der Waals surface area contributed by atoms with Gasteiger partial charge < -0.3 is 0 Å². The number of pyridine rings is 3. The number of fused-ring (bicyclic) bond motifs is 1. The number of hydrogen-bond acceptors (Lipinski definition) is 3. The first-order chi connectivity index (χ1) is 17.5. The van der Waals surface area contributed by atoms with E-state index < -0.39 is 8.07 Å². The minimum Gasteiger partial charge on any atom is -0.255 e. The molecule has 2 aromatic carbocycles. The zero-order valence-corrected chi connectivity index (χ0v) is 21.6. The Morgan fingerprint density at radius 3 is 1.58 bits per heavy atom. The summed E-state index contributed by atoms with van der Waals surface area (Å²) in [6.45, 7) is 6.78. The lowest BCUT2D eigenvalue weighted by Crippen LogP contribution is -2.16. The Labute approximate surface area is 213 Å². The molecule has 0 N–H and O–H groups in total. The molecular formula is C32H25N3Si.